The van der Waals surface area contributed by atoms with Gasteiger partial charge in [0.2, 0.25) is 5.84 Å². The molecule has 2 aliphatic rings. The molecule has 4 heteroatoms. The Kier molecular flexibility index (Phi) is 8.10. The SMILES string of the molecule is CCCC1(CCC)CNC(c2ccc(C3=NCC(CCC)(CCC)C[NH2+]3)cc2)=[NH+]C1. The van der Waals surface area contributed by atoms with Gasteiger partial charge >= 0.3 is 0 Å². The maximum atomic E-state index is 5.02. The number of quaternary nitrogens is 1. The Morgan fingerprint density at radius 1 is 0.867 bits per heavy atom. The number of nitrogens with one attached hydrogen (secondary N) is 2. The molecule has 0 saturated carbocycles. The van der Waals surface area contributed by atoms with E-state index in [1.165, 1.54) is 80.7 Å². The van der Waals surface area contributed by atoms with Gasteiger partial charge < -0.3 is 0 Å². The van der Waals surface area contributed by atoms with E-state index < -0.39 is 0 Å². The molecule has 0 fully saturated rings. The van der Waals surface area contributed by atoms with Gasteiger partial charge in [-0.2, -0.15) is 0 Å². The Bertz CT molecular complexity index is 657. The van der Waals surface area contributed by atoms with Crippen LogP contribution in [0.5, 0.6) is 0 Å². The molecule has 1 aromatic rings. The first-order valence-electron chi connectivity index (χ1n) is 12.4. The minimum Gasteiger partial charge on any atom is -0.297 e. The van der Waals surface area contributed by atoms with Gasteiger partial charge in [0, 0.05) is 10.8 Å². The Morgan fingerprint density at radius 2 is 1.43 bits per heavy atom. The standard InChI is InChI=1S/C26H42N4/c1-5-13-25(14-6-2)17-27-23(28-18-25)21-9-11-22(12-10-21)24-29-19-26(15-7-3,16-8-4)20-30-24/h9-12H,5-8,13-20H2,1-4H3,(H,27,28)(H,29,30)/p+2. The van der Waals surface area contributed by atoms with Crippen LogP contribution in [0.2, 0.25) is 0 Å². The summed E-state index contributed by atoms with van der Waals surface area (Å²) in [5.41, 5.74) is 3.32. The number of amidine groups is 2. The number of nitrogens with two attached hydrogens (primary N) is 1. The van der Waals surface area contributed by atoms with E-state index in [0.717, 1.165) is 19.6 Å². The molecule has 2 aliphatic heterocycles. The van der Waals surface area contributed by atoms with E-state index in [2.05, 4.69) is 67.6 Å². The van der Waals surface area contributed by atoms with Gasteiger partial charge in [-0.3, -0.25) is 15.6 Å². The zero-order valence-corrected chi connectivity index (χ0v) is 19.8. The highest BCUT2D eigenvalue weighted by Crippen LogP contribution is 2.30. The average Bonchev–Trinajstić information content (AvgIpc) is 2.76. The number of nitrogens with zero attached hydrogens (tertiary/aromatic N) is 1. The van der Waals surface area contributed by atoms with E-state index in [4.69, 9.17) is 4.99 Å². The number of hydrogen-bond acceptors (Lipinski definition) is 2. The minimum atomic E-state index is 0.405. The van der Waals surface area contributed by atoms with Crippen molar-refractivity contribution in [3.05, 3.63) is 35.4 Å². The Hall–Kier alpha value is -1.68. The summed E-state index contributed by atoms with van der Waals surface area (Å²) in [4.78, 5) is 8.72. The summed E-state index contributed by atoms with van der Waals surface area (Å²) in [5.74, 6) is 2.37. The summed E-state index contributed by atoms with van der Waals surface area (Å²) >= 11 is 0. The van der Waals surface area contributed by atoms with Crippen molar-refractivity contribution in [1.29, 1.82) is 0 Å². The molecule has 0 radical (unpaired) electrons. The largest absolute Gasteiger partial charge is 0.297 e. The van der Waals surface area contributed by atoms with Crippen molar-refractivity contribution < 1.29 is 10.3 Å². The lowest BCUT2D eigenvalue weighted by atomic mass is 9.78. The number of aliphatic imine (C=N–C) groups is 1. The quantitative estimate of drug-likeness (QED) is 0.544. The summed E-state index contributed by atoms with van der Waals surface area (Å²) in [6.07, 6.45) is 10.2. The lowest BCUT2D eigenvalue weighted by Crippen LogP contribution is -2.92. The smallest absolute Gasteiger partial charge is 0.274 e. The van der Waals surface area contributed by atoms with Crippen LogP contribution in [0.25, 0.3) is 0 Å². The van der Waals surface area contributed by atoms with Crippen LogP contribution in [0.1, 0.15) is 90.2 Å². The van der Waals surface area contributed by atoms with Gasteiger partial charge in [-0.15, -0.1) is 0 Å². The van der Waals surface area contributed by atoms with Gasteiger partial charge in [-0.25, -0.2) is 4.99 Å². The third kappa shape index (κ3) is 5.32. The molecule has 0 bridgehead atoms. The highest BCUT2D eigenvalue weighted by molar-refractivity contribution is 5.97. The van der Waals surface area contributed by atoms with Gasteiger partial charge in [0.05, 0.1) is 37.3 Å². The molecule has 0 aliphatic carbocycles. The number of hydrogen-bond donors (Lipinski definition) is 3. The van der Waals surface area contributed by atoms with Crippen LogP contribution in [0.4, 0.5) is 0 Å². The van der Waals surface area contributed by atoms with Crippen molar-refractivity contribution in [1.82, 2.24) is 5.32 Å². The van der Waals surface area contributed by atoms with Crippen LogP contribution >= 0.6 is 0 Å². The molecule has 2 heterocycles. The second kappa shape index (κ2) is 10.6. The number of rotatable bonds is 10. The van der Waals surface area contributed by atoms with Crippen molar-refractivity contribution in [2.75, 3.05) is 26.2 Å². The van der Waals surface area contributed by atoms with Crippen LogP contribution in [0, 0.1) is 10.8 Å². The fourth-order valence-corrected chi connectivity index (χ4v) is 5.68. The third-order valence-corrected chi connectivity index (χ3v) is 7.18. The molecule has 30 heavy (non-hydrogen) atoms. The molecule has 1 aromatic carbocycles. The van der Waals surface area contributed by atoms with Crippen LogP contribution in [-0.4, -0.2) is 37.9 Å². The fraction of sp³-hybridized carbons (Fsp3) is 0.692. The molecule has 0 atom stereocenters. The Labute approximate surface area is 184 Å². The lowest BCUT2D eigenvalue weighted by molar-refractivity contribution is -0.560. The van der Waals surface area contributed by atoms with Crippen molar-refractivity contribution in [2.24, 2.45) is 15.8 Å². The minimum absolute atomic E-state index is 0.405. The normalized spacial score (nSPS) is 20.3. The molecule has 4 N–H and O–H groups in total. The second-order valence-electron chi connectivity index (χ2n) is 9.77. The van der Waals surface area contributed by atoms with Crippen molar-refractivity contribution in [3.63, 3.8) is 0 Å². The Morgan fingerprint density at radius 3 is 1.90 bits per heavy atom. The van der Waals surface area contributed by atoms with Gasteiger partial charge in [0.25, 0.3) is 5.84 Å². The average molecular weight is 413 g/mol. The Balaban J connectivity index is 1.67. The van der Waals surface area contributed by atoms with Crippen molar-refractivity contribution in [3.8, 4) is 0 Å². The molecule has 0 spiro atoms. The maximum Gasteiger partial charge on any atom is 0.274 e. The monoisotopic (exact) mass is 412 g/mol. The summed E-state index contributed by atoms with van der Waals surface area (Å²) in [7, 11) is 0. The molecule has 166 valence electrons. The fourth-order valence-electron chi connectivity index (χ4n) is 5.68. The molecule has 4 nitrogen and oxygen atoms in total. The zero-order chi connectivity index (χ0) is 21.5. The number of benzene rings is 1. The molecule has 0 unspecified atom stereocenters. The molecular formula is C26H44N4+2. The van der Waals surface area contributed by atoms with E-state index in [9.17, 15) is 0 Å². The second-order valence-corrected chi connectivity index (χ2v) is 9.77. The van der Waals surface area contributed by atoms with Gasteiger partial charge in [0.1, 0.15) is 0 Å². The molecule has 3 rings (SSSR count). The van der Waals surface area contributed by atoms with E-state index in [0.29, 0.717) is 10.8 Å². The zero-order valence-electron chi connectivity index (χ0n) is 19.8. The van der Waals surface area contributed by atoms with Crippen LogP contribution in [-0.2, 0) is 0 Å². The van der Waals surface area contributed by atoms with Crippen LogP contribution in [0.3, 0.4) is 0 Å². The third-order valence-electron chi connectivity index (χ3n) is 7.18. The molecule has 0 aromatic heterocycles. The molecule has 0 saturated heterocycles. The maximum absolute atomic E-state index is 5.02. The highest BCUT2D eigenvalue weighted by atomic mass is 15.1. The van der Waals surface area contributed by atoms with Crippen LogP contribution < -0.4 is 15.6 Å². The van der Waals surface area contributed by atoms with Crippen molar-refractivity contribution >= 4 is 11.7 Å². The van der Waals surface area contributed by atoms with E-state index in [1.807, 2.05) is 0 Å². The summed E-state index contributed by atoms with van der Waals surface area (Å²) in [6, 6.07) is 8.97. The topological polar surface area (TPSA) is 55.0 Å². The van der Waals surface area contributed by atoms with E-state index >= 15 is 0 Å². The van der Waals surface area contributed by atoms with E-state index in [1.54, 1.807) is 0 Å². The van der Waals surface area contributed by atoms with Gasteiger partial charge in [0.15, 0.2) is 0 Å². The lowest BCUT2D eigenvalue weighted by Gasteiger charge is -2.33. The van der Waals surface area contributed by atoms with Gasteiger partial charge in [-0.1, -0.05) is 53.4 Å². The summed E-state index contributed by atoms with van der Waals surface area (Å²) < 4.78 is 0. The van der Waals surface area contributed by atoms with Crippen LogP contribution in [0.15, 0.2) is 29.3 Å². The molecular weight excluding hydrogens is 368 g/mol. The molecule has 0 amide bonds. The summed E-state index contributed by atoms with van der Waals surface area (Å²) in [6.45, 7) is 13.5. The van der Waals surface area contributed by atoms with Gasteiger partial charge in [-0.05, 0) is 49.9 Å². The first kappa shape index (κ1) is 23.0. The highest BCUT2D eigenvalue weighted by Gasteiger charge is 2.36. The predicted octanol–water partition coefficient (Wildman–Crippen LogP) is 2.61. The van der Waals surface area contributed by atoms with Crippen molar-refractivity contribution in [2.45, 2.75) is 79.1 Å². The predicted molar refractivity (Wildman–Crippen MR) is 127 cm³/mol. The first-order valence-corrected chi connectivity index (χ1v) is 12.4. The first-order chi connectivity index (χ1) is 14.6. The van der Waals surface area contributed by atoms with E-state index in [-0.39, 0.29) is 0 Å². The summed E-state index contributed by atoms with van der Waals surface area (Å²) in [5, 5.41) is 6.09.